The van der Waals surface area contributed by atoms with Gasteiger partial charge in [0.1, 0.15) is 16.4 Å². The summed E-state index contributed by atoms with van der Waals surface area (Å²) in [6.07, 6.45) is 1.15. The molecule has 92 valence electrons. The average Bonchev–Trinajstić information content (AvgIpc) is 2.58. The molecule has 0 bridgehead atoms. The maximum atomic E-state index is 13.0. The van der Waals surface area contributed by atoms with Crippen LogP contribution < -0.4 is 0 Å². The fourth-order valence-electron chi connectivity index (χ4n) is 1.44. The molecule has 2 aromatic rings. The Hall–Kier alpha value is -1.43. The third-order valence-electron chi connectivity index (χ3n) is 2.94. The van der Waals surface area contributed by atoms with Gasteiger partial charge in [0.25, 0.3) is 0 Å². The van der Waals surface area contributed by atoms with Crippen molar-refractivity contribution in [2.45, 2.75) is 18.6 Å². The van der Waals surface area contributed by atoms with Gasteiger partial charge in [-0.15, -0.1) is 0 Å². The van der Waals surface area contributed by atoms with Gasteiger partial charge in [0.15, 0.2) is 9.84 Å². The second-order valence-corrected chi connectivity index (χ2v) is 7.09. The molecule has 0 fully saturated rings. The number of aromatic nitrogens is 2. The Bertz CT molecular complexity index is 674. The topological polar surface area (TPSA) is 62.8 Å². The van der Waals surface area contributed by atoms with Gasteiger partial charge in [-0.2, -0.15) is 0 Å². The van der Waals surface area contributed by atoms with E-state index in [0.29, 0.717) is 16.9 Å². The van der Waals surface area contributed by atoms with Crippen molar-refractivity contribution in [3.05, 3.63) is 29.8 Å². The fraction of sp³-hybridized carbons (Fsp3) is 0.364. The van der Waals surface area contributed by atoms with Crippen LogP contribution in [0.1, 0.15) is 19.7 Å². The Morgan fingerprint density at radius 1 is 1.35 bits per heavy atom. The number of benzene rings is 1. The van der Waals surface area contributed by atoms with Gasteiger partial charge in [0.05, 0.1) is 11.0 Å². The molecule has 0 radical (unpaired) electrons. The first-order valence-electron chi connectivity index (χ1n) is 5.07. The van der Waals surface area contributed by atoms with Crippen molar-refractivity contribution in [2.75, 3.05) is 6.26 Å². The van der Waals surface area contributed by atoms with Crippen molar-refractivity contribution in [2.24, 2.45) is 0 Å². The first-order valence-corrected chi connectivity index (χ1v) is 6.96. The van der Waals surface area contributed by atoms with Crippen LogP contribution in [0, 0.1) is 5.82 Å². The SMILES string of the molecule is CC(C)(c1nc2ccc(F)cc2[nH]1)S(C)(=O)=O. The summed E-state index contributed by atoms with van der Waals surface area (Å²) >= 11 is 0. The molecule has 1 aromatic carbocycles. The molecule has 1 heterocycles. The molecule has 0 amide bonds. The maximum Gasteiger partial charge on any atom is 0.159 e. The summed E-state index contributed by atoms with van der Waals surface area (Å²) < 4.78 is 35.2. The number of H-pyrrole nitrogens is 1. The number of sulfone groups is 1. The highest BCUT2D eigenvalue weighted by Gasteiger charge is 2.35. The standard InChI is InChI=1S/C11H13FN2O2S/c1-11(2,17(3,15)16)10-13-8-5-4-7(12)6-9(8)14-10/h4-6H,1-3H3,(H,13,14). The van der Waals surface area contributed by atoms with Crippen LogP contribution >= 0.6 is 0 Å². The van der Waals surface area contributed by atoms with Crippen LogP contribution in [0.4, 0.5) is 4.39 Å². The van der Waals surface area contributed by atoms with Crippen LogP contribution in [0.25, 0.3) is 11.0 Å². The minimum atomic E-state index is -3.30. The molecule has 4 nitrogen and oxygen atoms in total. The van der Waals surface area contributed by atoms with Gasteiger partial charge < -0.3 is 4.98 Å². The van der Waals surface area contributed by atoms with Crippen LogP contribution in [-0.4, -0.2) is 24.6 Å². The molecule has 1 N–H and O–H groups in total. The summed E-state index contributed by atoms with van der Waals surface area (Å²) in [5.41, 5.74) is 1.05. The predicted molar refractivity (Wildman–Crippen MR) is 63.9 cm³/mol. The second kappa shape index (κ2) is 3.53. The fourth-order valence-corrected chi connectivity index (χ4v) is 1.89. The quantitative estimate of drug-likeness (QED) is 0.893. The molecular formula is C11H13FN2O2S. The third kappa shape index (κ3) is 1.93. The monoisotopic (exact) mass is 256 g/mol. The zero-order valence-corrected chi connectivity index (χ0v) is 10.6. The first-order chi connectivity index (χ1) is 7.72. The summed E-state index contributed by atoms with van der Waals surface area (Å²) in [5.74, 6) is -0.0644. The van der Waals surface area contributed by atoms with Gasteiger partial charge in [-0.1, -0.05) is 0 Å². The smallest absolute Gasteiger partial charge is 0.159 e. The molecule has 0 saturated heterocycles. The summed E-state index contributed by atoms with van der Waals surface area (Å²) in [7, 11) is -3.30. The first kappa shape index (κ1) is 12.0. The Balaban J connectivity index is 2.65. The van der Waals surface area contributed by atoms with Crippen LogP contribution in [-0.2, 0) is 14.6 Å². The van der Waals surface area contributed by atoms with Crippen molar-refractivity contribution >= 4 is 20.9 Å². The van der Waals surface area contributed by atoms with Crippen LogP contribution in [0.2, 0.25) is 0 Å². The minimum Gasteiger partial charge on any atom is -0.341 e. The predicted octanol–water partition coefficient (Wildman–Crippen LogP) is 1.98. The number of imidazole rings is 1. The maximum absolute atomic E-state index is 13.0. The molecule has 0 saturated carbocycles. The molecule has 2 rings (SSSR count). The third-order valence-corrected chi connectivity index (χ3v) is 4.99. The van der Waals surface area contributed by atoms with Crippen LogP contribution in [0.3, 0.4) is 0 Å². The van der Waals surface area contributed by atoms with Gasteiger partial charge in [-0.25, -0.2) is 17.8 Å². The lowest BCUT2D eigenvalue weighted by Crippen LogP contribution is -2.29. The van der Waals surface area contributed by atoms with Gasteiger partial charge in [0.2, 0.25) is 0 Å². The molecule has 0 aliphatic carbocycles. The van der Waals surface area contributed by atoms with E-state index in [4.69, 9.17) is 0 Å². The highest BCUT2D eigenvalue weighted by Crippen LogP contribution is 2.28. The summed E-state index contributed by atoms with van der Waals surface area (Å²) in [6.45, 7) is 3.13. The van der Waals surface area contributed by atoms with Crippen molar-refractivity contribution < 1.29 is 12.8 Å². The Morgan fingerprint density at radius 3 is 2.59 bits per heavy atom. The molecule has 0 spiro atoms. The molecule has 1 aromatic heterocycles. The number of nitrogens with one attached hydrogen (secondary N) is 1. The van der Waals surface area contributed by atoms with Gasteiger partial charge in [0, 0.05) is 6.26 Å². The van der Waals surface area contributed by atoms with Crippen molar-refractivity contribution in [1.82, 2.24) is 9.97 Å². The highest BCUT2D eigenvalue weighted by atomic mass is 32.2. The van der Waals surface area contributed by atoms with Crippen LogP contribution in [0.15, 0.2) is 18.2 Å². The molecule has 6 heteroatoms. The van der Waals surface area contributed by atoms with E-state index >= 15 is 0 Å². The lowest BCUT2D eigenvalue weighted by molar-refractivity contribution is 0.553. The highest BCUT2D eigenvalue weighted by molar-refractivity contribution is 7.91. The van der Waals surface area contributed by atoms with E-state index in [0.717, 1.165) is 6.26 Å². The number of hydrogen-bond acceptors (Lipinski definition) is 3. The largest absolute Gasteiger partial charge is 0.341 e. The van der Waals surface area contributed by atoms with Gasteiger partial charge in [-0.05, 0) is 32.0 Å². The molecule has 17 heavy (non-hydrogen) atoms. The normalized spacial score (nSPS) is 13.2. The van der Waals surface area contributed by atoms with Gasteiger partial charge in [-0.3, -0.25) is 0 Å². The lowest BCUT2D eigenvalue weighted by atomic mass is 10.2. The molecular weight excluding hydrogens is 243 g/mol. The second-order valence-electron chi connectivity index (χ2n) is 4.53. The van der Waals surface area contributed by atoms with E-state index in [1.165, 1.54) is 18.2 Å². The minimum absolute atomic E-state index is 0.320. The zero-order valence-electron chi connectivity index (χ0n) is 9.78. The van der Waals surface area contributed by atoms with E-state index in [9.17, 15) is 12.8 Å². The Morgan fingerprint density at radius 2 is 2.00 bits per heavy atom. The van der Waals surface area contributed by atoms with E-state index in [2.05, 4.69) is 9.97 Å². The zero-order chi connectivity index (χ0) is 12.8. The van der Waals surface area contributed by atoms with Crippen molar-refractivity contribution in [3.8, 4) is 0 Å². The van der Waals surface area contributed by atoms with E-state index < -0.39 is 14.6 Å². The van der Waals surface area contributed by atoms with Gasteiger partial charge >= 0.3 is 0 Å². The number of nitrogens with zero attached hydrogens (tertiary/aromatic N) is 1. The lowest BCUT2D eigenvalue weighted by Gasteiger charge is -2.19. The Labute approximate surface area is 98.8 Å². The number of fused-ring (bicyclic) bond motifs is 1. The Kier molecular flexibility index (Phi) is 2.50. The number of halogens is 1. The van der Waals surface area contributed by atoms with Crippen molar-refractivity contribution in [1.29, 1.82) is 0 Å². The summed E-state index contributed by atoms with van der Waals surface area (Å²) in [4.78, 5) is 7.04. The van der Waals surface area contributed by atoms with E-state index in [1.54, 1.807) is 13.8 Å². The average molecular weight is 256 g/mol. The summed E-state index contributed by atoms with van der Waals surface area (Å²) in [6, 6.07) is 4.10. The van der Waals surface area contributed by atoms with Crippen LogP contribution in [0.5, 0.6) is 0 Å². The number of aromatic amines is 1. The molecule has 0 aliphatic rings. The number of hydrogen-bond donors (Lipinski definition) is 1. The molecule has 0 atom stereocenters. The molecule has 0 aliphatic heterocycles. The molecule has 0 unspecified atom stereocenters. The van der Waals surface area contributed by atoms with Crippen molar-refractivity contribution in [3.63, 3.8) is 0 Å². The number of rotatable bonds is 2. The van der Waals surface area contributed by atoms with E-state index in [1.807, 2.05) is 0 Å². The summed E-state index contributed by atoms with van der Waals surface area (Å²) in [5, 5.41) is 0. The van der Waals surface area contributed by atoms with E-state index in [-0.39, 0.29) is 5.82 Å².